The molecule has 6 nitrogen and oxygen atoms in total. The van der Waals surface area contributed by atoms with Gasteiger partial charge in [-0.15, -0.1) is 0 Å². The van der Waals surface area contributed by atoms with E-state index in [1.165, 1.54) is 6.42 Å². The number of nitrogens with zero attached hydrogens (tertiary/aromatic N) is 2. The van der Waals surface area contributed by atoms with E-state index in [1.807, 2.05) is 9.80 Å². The van der Waals surface area contributed by atoms with Crippen molar-refractivity contribution < 1.29 is 19.4 Å². The van der Waals surface area contributed by atoms with Crippen molar-refractivity contribution in [1.82, 2.24) is 9.80 Å². The monoisotopic (exact) mass is 298 g/mol. The van der Waals surface area contributed by atoms with E-state index in [1.54, 1.807) is 0 Å². The molecule has 2 aliphatic heterocycles. The standard InChI is InChI=1S/C15H26N2O4/c1-11-4-3-5-12(2)17(11)15(20)16-8-6-13(7-9-16)21-10-14(18)19/h11-13H,3-10H2,1-2H3,(H,18,19). The van der Waals surface area contributed by atoms with Crippen molar-refractivity contribution in [3.8, 4) is 0 Å². The van der Waals surface area contributed by atoms with Crippen LogP contribution in [0.4, 0.5) is 4.79 Å². The van der Waals surface area contributed by atoms with Crippen LogP contribution in [0.1, 0.15) is 46.0 Å². The van der Waals surface area contributed by atoms with Crippen LogP contribution in [0.15, 0.2) is 0 Å². The van der Waals surface area contributed by atoms with Gasteiger partial charge < -0.3 is 19.6 Å². The van der Waals surface area contributed by atoms with Gasteiger partial charge in [0.05, 0.1) is 6.10 Å². The minimum atomic E-state index is -0.940. The van der Waals surface area contributed by atoms with Gasteiger partial charge >= 0.3 is 12.0 Å². The first-order valence-electron chi connectivity index (χ1n) is 7.89. The SMILES string of the molecule is CC1CCCC(C)N1C(=O)N1CCC(OCC(=O)O)CC1. The summed E-state index contributed by atoms with van der Waals surface area (Å²) in [5.41, 5.74) is 0. The third-order valence-corrected chi connectivity index (χ3v) is 4.57. The molecule has 2 rings (SSSR count). The van der Waals surface area contributed by atoms with Gasteiger partial charge in [-0.05, 0) is 46.0 Å². The molecule has 120 valence electrons. The Morgan fingerprint density at radius 2 is 1.67 bits per heavy atom. The number of piperidine rings is 2. The van der Waals surface area contributed by atoms with Crippen molar-refractivity contribution in [1.29, 1.82) is 0 Å². The largest absolute Gasteiger partial charge is 0.480 e. The van der Waals surface area contributed by atoms with Gasteiger partial charge in [0.25, 0.3) is 0 Å². The summed E-state index contributed by atoms with van der Waals surface area (Å²) < 4.78 is 5.31. The molecule has 0 saturated carbocycles. The van der Waals surface area contributed by atoms with Crippen molar-refractivity contribution in [2.45, 2.75) is 64.1 Å². The first-order valence-corrected chi connectivity index (χ1v) is 7.89. The maximum atomic E-state index is 12.7. The van der Waals surface area contributed by atoms with Crippen LogP contribution in [0.2, 0.25) is 0 Å². The number of aliphatic carboxylic acids is 1. The van der Waals surface area contributed by atoms with E-state index in [0.29, 0.717) is 25.2 Å². The molecule has 0 radical (unpaired) electrons. The molecule has 21 heavy (non-hydrogen) atoms. The number of carbonyl (C=O) groups excluding carboxylic acids is 1. The molecule has 2 atom stereocenters. The number of hydrogen-bond acceptors (Lipinski definition) is 3. The number of hydrogen-bond donors (Lipinski definition) is 1. The number of amides is 2. The zero-order chi connectivity index (χ0) is 15.4. The lowest BCUT2D eigenvalue weighted by molar-refractivity contribution is -0.145. The summed E-state index contributed by atoms with van der Waals surface area (Å²) in [7, 11) is 0. The van der Waals surface area contributed by atoms with Gasteiger partial charge in [0, 0.05) is 25.2 Å². The Balaban J connectivity index is 1.83. The van der Waals surface area contributed by atoms with E-state index < -0.39 is 5.97 Å². The second kappa shape index (κ2) is 7.11. The van der Waals surface area contributed by atoms with Crippen LogP contribution in [0.3, 0.4) is 0 Å². The molecule has 2 amide bonds. The highest BCUT2D eigenvalue weighted by Crippen LogP contribution is 2.25. The second-order valence-corrected chi connectivity index (χ2v) is 6.21. The van der Waals surface area contributed by atoms with Crippen molar-refractivity contribution in [3.05, 3.63) is 0 Å². The minimum Gasteiger partial charge on any atom is -0.480 e. The Bertz CT molecular complexity index is 370. The van der Waals surface area contributed by atoms with E-state index >= 15 is 0 Å². The molecule has 2 fully saturated rings. The Kier molecular flexibility index (Phi) is 5.45. The van der Waals surface area contributed by atoms with E-state index in [4.69, 9.17) is 9.84 Å². The topological polar surface area (TPSA) is 70.1 Å². The Hall–Kier alpha value is -1.30. The molecule has 0 aromatic heterocycles. The molecule has 2 unspecified atom stereocenters. The fraction of sp³-hybridized carbons (Fsp3) is 0.867. The van der Waals surface area contributed by atoms with Crippen molar-refractivity contribution in [2.24, 2.45) is 0 Å². The molecular formula is C15H26N2O4. The molecule has 0 aromatic carbocycles. The zero-order valence-corrected chi connectivity index (χ0v) is 13.0. The van der Waals surface area contributed by atoms with Crippen molar-refractivity contribution in [2.75, 3.05) is 19.7 Å². The number of rotatable bonds is 3. The van der Waals surface area contributed by atoms with E-state index in [2.05, 4.69) is 13.8 Å². The van der Waals surface area contributed by atoms with Gasteiger partial charge in [0.2, 0.25) is 0 Å². The van der Waals surface area contributed by atoms with Gasteiger partial charge in [-0.25, -0.2) is 9.59 Å². The number of ether oxygens (including phenoxy) is 1. The average Bonchev–Trinajstić information content (AvgIpc) is 2.45. The van der Waals surface area contributed by atoms with Crippen LogP contribution in [-0.4, -0.2) is 64.8 Å². The van der Waals surface area contributed by atoms with Gasteiger partial charge in [0.1, 0.15) is 6.61 Å². The van der Waals surface area contributed by atoms with Crippen LogP contribution < -0.4 is 0 Å². The summed E-state index contributed by atoms with van der Waals surface area (Å²) >= 11 is 0. The third-order valence-electron chi connectivity index (χ3n) is 4.57. The van der Waals surface area contributed by atoms with E-state index in [0.717, 1.165) is 25.7 Å². The summed E-state index contributed by atoms with van der Waals surface area (Å²) in [6, 6.07) is 0.746. The molecule has 0 aliphatic carbocycles. The Labute approximate surface area is 126 Å². The lowest BCUT2D eigenvalue weighted by Gasteiger charge is -2.43. The highest BCUT2D eigenvalue weighted by atomic mass is 16.5. The number of carboxylic acid groups (broad SMARTS) is 1. The first-order chi connectivity index (χ1) is 9.99. The molecule has 2 aliphatic rings. The summed E-state index contributed by atoms with van der Waals surface area (Å²) in [6.45, 7) is 5.30. The molecule has 0 aromatic rings. The number of urea groups is 1. The molecular weight excluding hydrogens is 272 g/mol. The van der Waals surface area contributed by atoms with Gasteiger partial charge in [-0.3, -0.25) is 0 Å². The van der Waals surface area contributed by atoms with E-state index in [9.17, 15) is 9.59 Å². The van der Waals surface area contributed by atoms with Crippen LogP contribution in [0.25, 0.3) is 0 Å². The fourth-order valence-electron chi connectivity index (χ4n) is 3.36. The molecule has 6 heteroatoms. The van der Waals surface area contributed by atoms with Crippen LogP contribution in [0.5, 0.6) is 0 Å². The maximum Gasteiger partial charge on any atom is 0.329 e. The fourth-order valence-corrected chi connectivity index (χ4v) is 3.36. The highest BCUT2D eigenvalue weighted by Gasteiger charge is 2.33. The van der Waals surface area contributed by atoms with Crippen LogP contribution >= 0.6 is 0 Å². The van der Waals surface area contributed by atoms with E-state index in [-0.39, 0.29) is 18.7 Å². The van der Waals surface area contributed by atoms with Crippen LogP contribution in [0, 0.1) is 0 Å². The summed E-state index contributed by atoms with van der Waals surface area (Å²) in [5, 5.41) is 8.62. The minimum absolute atomic E-state index is 0.0404. The number of carbonyl (C=O) groups is 2. The molecule has 0 spiro atoms. The van der Waals surface area contributed by atoms with Gasteiger partial charge in [-0.1, -0.05) is 0 Å². The third kappa shape index (κ3) is 4.09. The normalized spacial score (nSPS) is 27.7. The van der Waals surface area contributed by atoms with Crippen molar-refractivity contribution in [3.63, 3.8) is 0 Å². The van der Waals surface area contributed by atoms with Crippen molar-refractivity contribution >= 4 is 12.0 Å². The first kappa shape index (κ1) is 16.1. The Morgan fingerprint density at radius 3 is 2.19 bits per heavy atom. The maximum absolute atomic E-state index is 12.7. The summed E-state index contributed by atoms with van der Waals surface area (Å²) in [5.74, 6) is -0.940. The molecule has 1 N–H and O–H groups in total. The predicted molar refractivity (Wildman–Crippen MR) is 78.2 cm³/mol. The number of carboxylic acids is 1. The lowest BCUT2D eigenvalue weighted by atomic mass is 9.98. The quantitative estimate of drug-likeness (QED) is 0.864. The van der Waals surface area contributed by atoms with Gasteiger partial charge in [0.15, 0.2) is 0 Å². The number of likely N-dealkylation sites (tertiary alicyclic amines) is 2. The predicted octanol–water partition coefficient (Wildman–Crippen LogP) is 1.93. The molecule has 2 saturated heterocycles. The smallest absolute Gasteiger partial charge is 0.329 e. The van der Waals surface area contributed by atoms with Gasteiger partial charge in [-0.2, -0.15) is 0 Å². The molecule has 0 bridgehead atoms. The van der Waals surface area contributed by atoms with Crippen LogP contribution in [-0.2, 0) is 9.53 Å². The summed E-state index contributed by atoms with van der Waals surface area (Å²) in [6.07, 6.45) is 4.74. The molecule has 2 heterocycles. The zero-order valence-electron chi connectivity index (χ0n) is 13.0. The Morgan fingerprint density at radius 1 is 1.10 bits per heavy atom. The second-order valence-electron chi connectivity index (χ2n) is 6.21. The lowest BCUT2D eigenvalue weighted by Crippen LogP contribution is -2.55. The average molecular weight is 298 g/mol. The highest BCUT2D eigenvalue weighted by molar-refractivity contribution is 5.75. The summed E-state index contributed by atoms with van der Waals surface area (Å²) in [4.78, 5) is 27.1.